The standard InChI is InChI=1S/C9H4ClF2N/c10-7-4-2-5-1-3-6(11)8(12)9(5)13-7/h1-4H. The van der Waals surface area contributed by atoms with Crippen molar-refractivity contribution in [1.82, 2.24) is 4.98 Å². The Morgan fingerprint density at radius 2 is 1.77 bits per heavy atom. The summed E-state index contributed by atoms with van der Waals surface area (Å²) < 4.78 is 25.8. The summed E-state index contributed by atoms with van der Waals surface area (Å²) in [5.41, 5.74) is -0.0347. The summed E-state index contributed by atoms with van der Waals surface area (Å²) in [6, 6.07) is 5.64. The van der Waals surface area contributed by atoms with Crippen LogP contribution in [0.2, 0.25) is 5.15 Å². The van der Waals surface area contributed by atoms with Gasteiger partial charge in [0.05, 0.1) is 0 Å². The minimum absolute atomic E-state index is 0.0347. The van der Waals surface area contributed by atoms with E-state index in [1.165, 1.54) is 12.1 Å². The first-order valence-corrected chi connectivity index (χ1v) is 3.96. The second kappa shape index (κ2) is 2.92. The third-order valence-corrected chi connectivity index (χ3v) is 1.93. The van der Waals surface area contributed by atoms with Gasteiger partial charge in [-0.15, -0.1) is 0 Å². The van der Waals surface area contributed by atoms with E-state index in [1.807, 2.05) is 0 Å². The van der Waals surface area contributed by atoms with Crippen molar-refractivity contribution in [3.63, 3.8) is 0 Å². The molecule has 0 N–H and O–H groups in total. The molecule has 2 rings (SSSR count). The van der Waals surface area contributed by atoms with E-state index in [1.54, 1.807) is 6.07 Å². The fraction of sp³-hybridized carbons (Fsp3) is 0. The van der Waals surface area contributed by atoms with Crippen LogP contribution < -0.4 is 0 Å². The van der Waals surface area contributed by atoms with E-state index in [-0.39, 0.29) is 10.7 Å². The Bertz CT molecular complexity index is 465. The zero-order valence-electron chi connectivity index (χ0n) is 6.39. The molecule has 4 heteroatoms. The van der Waals surface area contributed by atoms with Crippen LogP contribution in [-0.4, -0.2) is 4.98 Å². The summed E-state index contributed by atoms with van der Waals surface area (Å²) in [6.45, 7) is 0. The van der Waals surface area contributed by atoms with Crippen molar-refractivity contribution in [2.75, 3.05) is 0 Å². The third kappa shape index (κ3) is 1.35. The molecule has 1 aromatic carbocycles. The molecule has 1 nitrogen and oxygen atoms in total. The van der Waals surface area contributed by atoms with Gasteiger partial charge in [-0.3, -0.25) is 0 Å². The van der Waals surface area contributed by atoms with Crippen molar-refractivity contribution < 1.29 is 8.78 Å². The molecule has 0 saturated carbocycles. The number of aromatic nitrogens is 1. The smallest absolute Gasteiger partial charge is 0.185 e. The third-order valence-electron chi connectivity index (χ3n) is 1.72. The van der Waals surface area contributed by atoms with E-state index in [0.29, 0.717) is 5.39 Å². The highest BCUT2D eigenvalue weighted by Gasteiger charge is 2.07. The minimum atomic E-state index is -0.958. The average molecular weight is 200 g/mol. The van der Waals surface area contributed by atoms with Gasteiger partial charge < -0.3 is 0 Å². The van der Waals surface area contributed by atoms with Crippen molar-refractivity contribution in [3.05, 3.63) is 41.1 Å². The summed E-state index contributed by atoms with van der Waals surface area (Å²) in [5, 5.41) is 0.681. The summed E-state index contributed by atoms with van der Waals surface area (Å²) in [7, 11) is 0. The summed E-state index contributed by atoms with van der Waals surface area (Å²) in [4.78, 5) is 3.69. The van der Waals surface area contributed by atoms with Crippen molar-refractivity contribution in [3.8, 4) is 0 Å². The molecule has 13 heavy (non-hydrogen) atoms. The van der Waals surface area contributed by atoms with Crippen LogP contribution >= 0.6 is 11.6 Å². The number of benzene rings is 1. The lowest BCUT2D eigenvalue weighted by atomic mass is 10.2. The van der Waals surface area contributed by atoms with Gasteiger partial charge in [0, 0.05) is 5.39 Å². The highest BCUT2D eigenvalue weighted by molar-refractivity contribution is 6.29. The molecule has 0 amide bonds. The highest BCUT2D eigenvalue weighted by atomic mass is 35.5. The van der Waals surface area contributed by atoms with Crippen LogP contribution in [0.15, 0.2) is 24.3 Å². The molecule has 0 aliphatic heterocycles. The van der Waals surface area contributed by atoms with Crippen molar-refractivity contribution in [2.24, 2.45) is 0 Å². The van der Waals surface area contributed by atoms with Gasteiger partial charge in [0.2, 0.25) is 0 Å². The van der Waals surface area contributed by atoms with Crippen LogP contribution in [0.5, 0.6) is 0 Å². The van der Waals surface area contributed by atoms with Crippen LogP contribution in [0.4, 0.5) is 8.78 Å². The predicted octanol–water partition coefficient (Wildman–Crippen LogP) is 3.17. The van der Waals surface area contributed by atoms with E-state index >= 15 is 0 Å². The van der Waals surface area contributed by atoms with Gasteiger partial charge in [0.1, 0.15) is 10.7 Å². The average Bonchev–Trinajstić information content (AvgIpc) is 2.12. The van der Waals surface area contributed by atoms with Crippen molar-refractivity contribution in [1.29, 1.82) is 0 Å². The number of pyridine rings is 1. The Morgan fingerprint density at radius 1 is 1.08 bits per heavy atom. The van der Waals surface area contributed by atoms with Gasteiger partial charge in [-0.2, -0.15) is 0 Å². The molecule has 0 atom stereocenters. The Kier molecular flexibility index (Phi) is 1.88. The van der Waals surface area contributed by atoms with E-state index in [2.05, 4.69) is 4.98 Å². The zero-order valence-corrected chi connectivity index (χ0v) is 7.15. The molecular weight excluding hydrogens is 196 g/mol. The number of rotatable bonds is 0. The van der Waals surface area contributed by atoms with E-state index < -0.39 is 11.6 Å². The van der Waals surface area contributed by atoms with Gasteiger partial charge in [-0.25, -0.2) is 13.8 Å². The zero-order chi connectivity index (χ0) is 9.42. The van der Waals surface area contributed by atoms with Gasteiger partial charge in [0.25, 0.3) is 0 Å². The lowest BCUT2D eigenvalue weighted by molar-refractivity contribution is 0.515. The number of halogens is 3. The van der Waals surface area contributed by atoms with Gasteiger partial charge in [-0.05, 0) is 24.3 Å². The SMILES string of the molecule is Fc1ccc2ccc(Cl)nc2c1F. The van der Waals surface area contributed by atoms with E-state index in [4.69, 9.17) is 11.6 Å². The minimum Gasteiger partial charge on any atom is -0.233 e. The van der Waals surface area contributed by atoms with Crippen molar-refractivity contribution >= 4 is 22.5 Å². The molecule has 0 aliphatic carbocycles. The Labute approximate surface area is 78.0 Å². The molecule has 0 fully saturated rings. The monoisotopic (exact) mass is 199 g/mol. The second-order valence-corrected chi connectivity index (χ2v) is 2.95. The summed E-state index contributed by atoms with van der Waals surface area (Å²) >= 11 is 5.54. The Balaban J connectivity index is 2.89. The van der Waals surface area contributed by atoms with Gasteiger partial charge >= 0.3 is 0 Å². The number of hydrogen-bond donors (Lipinski definition) is 0. The van der Waals surface area contributed by atoms with E-state index in [0.717, 1.165) is 6.07 Å². The van der Waals surface area contributed by atoms with Crippen LogP contribution in [0, 0.1) is 11.6 Å². The summed E-state index contributed by atoms with van der Waals surface area (Å²) in [6.07, 6.45) is 0. The van der Waals surface area contributed by atoms with Crippen LogP contribution in [0.1, 0.15) is 0 Å². The topological polar surface area (TPSA) is 12.9 Å². The second-order valence-electron chi connectivity index (χ2n) is 2.57. The van der Waals surface area contributed by atoms with Crippen LogP contribution in [0.3, 0.4) is 0 Å². The number of nitrogens with zero attached hydrogens (tertiary/aromatic N) is 1. The first kappa shape index (κ1) is 8.38. The maximum atomic E-state index is 13.1. The number of hydrogen-bond acceptors (Lipinski definition) is 1. The maximum Gasteiger partial charge on any atom is 0.185 e. The molecule has 0 unspecified atom stereocenters. The summed E-state index contributed by atoms with van der Waals surface area (Å²) in [5.74, 6) is -1.87. The lowest BCUT2D eigenvalue weighted by Crippen LogP contribution is -1.89. The molecule has 1 aromatic heterocycles. The largest absolute Gasteiger partial charge is 0.233 e. The lowest BCUT2D eigenvalue weighted by Gasteiger charge is -1.99. The number of fused-ring (bicyclic) bond motifs is 1. The van der Waals surface area contributed by atoms with Crippen molar-refractivity contribution in [2.45, 2.75) is 0 Å². The molecular formula is C9H4ClF2N. The predicted molar refractivity (Wildman–Crippen MR) is 46.7 cm³/mol. The molecule has 0 spiro atoms. The molecule has 0 saturated heterocycles. The molecule has 0 radical (unpaired) electrons. The van der Waals surface area contributed by atoms with Crippen LogP contribution in [-0.2, 0) is 0 Å². The normalized spacial score (nSPS) is 10.7. The molecule has 1 heterocycles. The Morgan fingerprint density at radius 3 is 2.54 bits per heavy atom. The molecule has 2 aromatic rings. The molecule has 66 valence electrons. The molecule has 0 bridgehead atoms. The Hall–Kier alpha value is -1.22. The highest BCUT2D eigenvalue weighted by Crippen LogP contribution is 2.20. The first-order valence-electron chi connectivity index (χ1n) is 3.59. The van der Waals surface area contributed by atoms with Gasteiger partial charge in [0.15, 0.2) is 11.6 Å². The van der Waals surface area contributed by atoms with Crippen LogP contribution in [0.25, 0.3) is 10.9 Å². The maximum absolute atomic E-state index is 13.1. The van der Waals surface area contributed by atoms with E-state index in [9.17, 15) is 8.78 Å². The van der Waals surface area contributed by atoms with Gasteiger partial charge in [-0.1, -0.05) is 11.6 Å². The fourth-order valence-corrected chi connectivity index (χ4v) is 1.25. The first-order chi connectivity index (χ1) is 6.18. The quantitative estimate of drug-likeness (QED) is 0.594. The molecule has 0 aliphatic rings. The fourth-order valence-electron chi connectivity index (χ4n) is 1.11.